The average Bonchev–Trinajstić information content (AvgIpc) is 2.85. The SMILES string of the molecule is O=C(/C=C/c1ccc(Cl)c(Cl)c1)N1CCC(C(O)CN2CCC(c3ccc(Cl)cc3)CC2)CC1. The molecule has 2 aliphatic rings. The number of hydrogen-bond acceptors (Lipinski definition) is 3. The minimum atomic E-state index is -0.351. The van der Waals surface area contributed by atoms with E-state index in [2.05, 4.69) is 17.0 Å². The highest BCUT2D eigenvalue weighted by molar-refractivity contribution is 6.42. The maximum atomic E-state index is 12.6. The molecule has 4 nitrogen and oxygen atoms in total. The van der Waals surface area contributed by atoms with Crippen molar-refractivity contribution < 1.29 is 9.90 Å². The minimum Gasteiger partial charge on any atom is -0.392 e. The summed E-state index contributed by atoms with van der Waals surface area (Å²) in [6.45, 7) is 4.06. The van der Waals surface area contributed by atoms with Gasteiger partial charge in [-0.1, -0.05) is 53.0 Å². The van der Waals surface area contributed by atoms with E-state index in [1.165, 1.54) is 5.56 Å². The number of carbonyl (C=O) groups excluding carboxylic acids is 1. The normalized spacial score (nSPS) is 19.6. The molecule has 1 atom stereocenters. The van der Waals surface area contributed by atoms with Gasteiger partial charge in [0.15, 0.2) is 0 Å². The highest BCUT2D eigenvalue weighted by Crippen LogP contribution is 2.30. The molecule has 0 bridgehead atoms. The van der Waals surface area contributed by atoms with Crippen molar-refractivity contribution in [3.8, 4) is 0 Å². The molecule has 2 aromatic carbocycles. The Balaban J connectivity index is 1.19. The number of likely N-dealkylation sites (tertiary alicyclic amines) is 2. The third-order valence-corrected chi connectivity index (χ3v) is 8.12. The summed E-state index contributed by atoms with van der Waals surface area (Å²) in [5.74, 6) is 0.789. The molecule has 4 rings (SSSR count). The monoisotopic (exact) mass is 520 g/mol. The number of nitrogens with zero attached hydrogens (tertiary/aromatic N) is 2. The molecule has 182 valence electrons. The molecule has 2 aromatic rings. The van der Waals surface area contributed by atoms with Crippen LogP contribution in [0.3, 0.4) is 0 Å². The molecular weight excluding hydrogens is 491 g/mol. The molecule has 0 aliphatic carbocycles. The first kappa shape index (κ1) is 25.5. The van der Waals surface area contributed by atoms with E-state index in [1.807, 2.05) is 23.1 Å². The van der Waals surface area contributed by atoms with Gasteiger partial charge in [0.2, 0.25) is 5.91 Å². The quantitative estimate of drug-likeness (QED) is 0.464. The van der Waals surface area contributed by atoms with Crippen molar-refractivity contribution in [2.75, 3.05) is 32.7 Å². The lowest BCUT2D eigenvalue weighted by molar-refractivity contribution is -0.128. The first-order valence-electron chi connectivity index (χ1n) is 12.0. The Morgan fingerprint density at radius 2 is 1.62 bits per heavy atom. The maximum absolute atomic E-state index is 12.6. The van der Waals surface area contributed by atoms with Crippen LogP contribution >= 0.6 is 34.8 Å². The van der Waals surface area contributed by atoms with Crippen LogP contribution in [-0.2, 0) is 4.79 Å². The van der Waals surface area contributed by atoms with E-state index in [1.54, 1.807) is 24.3 Å². The number of amides is 1. The van der Waals surface area contributed by atoms with Crippen molar-refractivity contribution in [3.05, 3.63) is 74.7 Å². The van der Waals surface area contributed by atoms with E-state index in [0.717, 1.165) is 49.4 Å². The van der Waals surface area contributed by atoms with Gasteiger partial charge in [-0.25, -0.2) is 0 Å². The molecule has 1 amide bonds. The second-order valence-corrected chi connectivity index (χ2v) is 10.6. The zero-order valence-electron chi connectivity index (χ0n) is 19.2. The van der Waals surface area contributed by atoms with Crippen LogP contribution < -0.4 is 0 Å². The molecular formula is C27H31Cl3N2O2. The summed E-state index contributed by atoms with van der Waals surface area (Å²) in [5.41, 5.74) is 2.20. The zero-order chi connectivity index (χ0) is 24.1. The summed E-state index contributed by atoms with van der Waals surface area (Å²) in [6, 6.07) is 13.5. The van der Waals surface area contributed by atoms with Gasteiger partial charge in [-0.05, 0) is 92.1 Å². The topological polar surface area (TPSA) is 43.8 Å². The van der Waals surface area contributed by atoms with Crippen molar-refractivity contribution in [1.82, 2.24) is 9.80 Å². The van der Waals surface area contributed by atoms with Gasteiger partial charge in [0.1, 0.15) is 0 Å². The van der Waals surface area contributed by atoms with Gasteiger partial charge >= 0.3 is 0 Å². The van der Waals surface area contributed by atoms with Gasteiger partial charge in [0, 0.05) is 30.7 Å². The predicted molar refractivity (Wildman–Crippen MR) is 141 cm³/mol. The van der Waals surface area contributed by atoms with Crippen LogP contribution in [0.1, 0.15) is 42.7 Å². The highest BCUT2D eigenvalue weighted by Gasteiger charge is 2.29. The summed E-state index contributed by atoms with van der Waals surface area (Å²) in [4.78, 5) is 16.8. The largest absolute Gasteiger partial charge is 0.392 e. The van der Waals surface area contributed by atoms with Crippen LogP contribution in [0.2, 0.25) is 15.1 Å². The lowest BCUT2D eigenvalue weighted by Crippen LogP contribution is -2.45. The number of β-amino-alcohol motifs (C(OH)–C–C–N with tert-alkyl or cyclic N) is 1. The number of halogens is 3. The van der Waals surface area contributed by atoms with Crippen LogP contribution in [-0.4, -0.2) is 59.6 Å². The van der Waals surface area contributed by atoms with Crippen molar-refractivity contribution >= 4 is 46.8 Å². The first-order chi connectivity index (χ1) is 16.4. The molecule has 2 saturated heterocycles. The molecule has 7 heteroatoms. The second-order valence-electron chi connectivity index (χ2n) is 9.36. The number of piperidine rings is 2. The molecule has 2 heterocycles. The Kier molecular flexibility index (Phi) is 8.95. The number of hydrogen-bond donors (Lipinski definition) is 1. The molecule has 2 fully saturated rings. The molecule has 0 radical (unpaired) electrons. The third kappa shape index (κ3) is 6.77. The van der Waals surface area contributed by atoms with Crippen LogP contribution in [0, 0.1) is 5.92 Å². The molecule has 1 unspecified atom stereocenters. The minimum absolute atomic E-state index is 0.0108. The van der Waals surface area contributed by atoms with E-state index in [9.17, 15) is 9.90 Å². The van der Waals surface area contributed by atoms with E-state index < -0.39 is 0 Å². The predicted octanol–water partition coefficient (Wildman–Crippen LogP) is 6.14. The van der Waals surface area contributed by atoms with E-state index >= 15 is 0 Å². The van der Waals surface area contributed by atoms with E-state index in [-0.39, 0.29) is 17.9 Å². The van der Waals surface area contributed by atoms with Gasteiger partial charge in [-0.15, -0.1) is 0 Å². The molecule has 1 N–H and O–H groups in total. The van der Waals surface area contributed by atoms with Crippen LogP contribution in [0.15, 0.2) is 48.5 Å². The number of aliphatic hydroxyl groups is 1. The second kappa shape index (κ2) is 11.9. The number of aliphatic hydroxyl groups excluding tert-OH is 1. The van der Waals surface area contributed by atoms with Crippen LogP contribution in [0.25, 0.3) is 6.08 Å². The Morgan fingerprint density at radius 3 is 2.26 bits per heavy atom. The molecule has 0 aromatic heterocycles. The Hall–Kier alpha value is -1.56. The summed E-state index contributed by atoms with van der Waals surface area (Å²) in [5, 5.41) is 12.6. The zero-order valence-corrected chi connectivity index (χ0v) is 21.4. The summed E-state index contributed by atoms with van der Waals surface area (Å²) < 4.78 is 0. The standard InChI is InChI=1S/C27H31Cl3N2O2/c28-23-5-3-20(4-6-23)21-9-13-31(14-10-21)18-26(33)22-11-15-32(16-12-22)27(34)8-2-19-1-7-24(29)25(30)17-19/h1-8,17,21-22,26,33H,9-16,18H2/b8-2+. The Morgan fingerprint density at radius 1 is 0.941 bits per heavy atom. The Bertz CT molecular complexity index is 995. The van der Waals surface area contributed by atoms with Gasteiger partial charge in [-0.3, -0.25) is 4.79 Å². The molecule has 34 heavy (non-hydrogen) atoms. The molecule has 0 saturated carbocycles. The van der Waals surface area contributed by atoms with E-state index in [4.69, 9.17) is 34.8 Å². The maximum Gasteiger partial charge on any atom is 0.246 e. The summed E-state index contributed by atoms with van der Waals surface area (Å²) >= 11 is 18.0. The van der Waals surface area contributed by atoms with Crippen molar-refractivity contribution in [2.45, 2.75) is 37.7 Å². The molecule has 0 spiro atoms. The highest BCUT2D eigenvalue weighted by atomic mass is 35.5. The van der Waals surface area contributed by atoms with Gasteiger partial charge < -0.3 is 14.9 Å². The van der Waals surface area contributed by atoms with Gasteiger partial charge in [0.05, 0.1) is 16.1 Å². The Labute approximate surface area is 217 Å². The van der Waals surface area contributed by atoms with Gasteiger partial charge in [0.25, 0.3) is 0 Å². The van der Waals surface area contributed by atoms with Crippen LogP contribution in [0.5, 0.6) is 0 Å². The average molecular weight is 522 g/mol. The first-order valence-corrected chi connectivity index (χ1v) is 13.1. The molecule has 2 aliphatic heterocycles. The van der Waals surface area contributed by atoms with Crippen molar-refractivity contribution in [1.29, 1.82) is 0 Å². The smallest absolute Gasteiger partial charge is 0.246 e. The lowest BCUT2D eigenvalue weighted by atomic mass is 9.88. The fourth-order valence-electron chi connectivity index (χ4n) is 4.99. The number of rotatable bonds is 6. The van der Waals surface area contributed by atoms with Crippen molar-refractivity contribution in [2.24, 2.45) is 5.92 Å². The van der Waals surface area contributed by atoms with Gasteiger partial charge in [-0.2, -0.15) is 0 Å². The number of carbonyl (C=O) groups is 1. The van der Waals surface area contributed by atoms with E-state index in [0.29, 0.717) is 35.6 Å². The lowest BCUT2D eigenvalue weighted by Gasteiger charge is -2.38. The fourth-order valence-corrected chi connectivity index (χ4v) is 5.42. The third-order valence-electron chi connectivity index (χ3n) is 7.13. The summed E-state index contributed by atoms with van der Waals surface area (Å²) in [7, 11) is 0. The van der Waals surface area contributed by atoms with Crippen LogP contribution in [0.4, 0.5) is 0 Å². The number of benzene rings is 2. The fraction of sp³-hybridized carbons (Fsp3) is 0.444. The van der Waals surface area contributed by atoms with Crippen molar-refractivity contribution in [3.63, 3.8) is 0 Å². The summed E-state index contributed by atoms with van der Waals surface area (Å²) in [6.07, 6.45) is 6.86.